The van der Waals surface area contributed by atoms with E-state index in [1.165, 1.54) is 6.42 Å². The monoisotopic (exact) mass is 367 g/mol. The molecule has 0 aliphatic heterocycles. The summed E-state index contributed by atoms with van der Waals surface area (Å²) in [5.41, 5.74) is 6.72. The highest BCUT2D eigenvalue weighted by Crippen LogP contribution is 2.30. The van der Waals surface area contributed by atoms with E-state index in [0.717, 1.165) is 25.7 Å². The van der Waals surface area contributed by atoms with Crippen molar-refractivity contribution in [1.82, 2.24) is 19.5 Å². The molecule has 1 aliphatic carbocycles. The molecule has 3 N–H and O–H groups in total. The third kappa shape index (κ3) is 3.07. The maximum absolute atomic E-state index is 12.6. The molecule has 4 rings (SSSR count). The smallest absolute Gasteiger partial charge is 0.327 e. The van der Waals surface area contributed by atoms with Crippen molar-refractivity contribution in [3.8, 4) is 17.1 Å². The molecule has 1 amide bonds. The Balaban J connectivity index is 1.92. The molecular formula is C19H21N5O3. The van der Waals surface area contributed by atoms with E-state index in [9.17, 15) is 9.59 Å². The Morgan fingerprint density at radius 3 is 2.52 bits per heavy atom. The van der Waals surface area contributed by atoms with E-state index < -0.39 is 5.91 Å². The van der Waals surface area contributed by atoms with Crippen LogP contribution in [0.15, 0.2) is 29.1 Å². The standard InChI is InChI=1S/C19H21N5O3/c1-27-13-9-7-11(8-10-13)17-21-14(16(20)25)15-18(23-17)24(19(26)22-15)12-5-3-2-4-6-12/h7-10,12H,2-6H2,1H3,(H2,20,25)(H,22,26). The van der Waals surface area contributed by atoms with E-state index in [-0.39, 0.29) is 17.4 Å². The Labute approximate surface area is 155 Å². The summed E-state index contributed by atoms with van der Waals surface area (Å²) in [5.74, 6) is 0.354. The number of nitrogens with two attached hydrogens (primary N) is 1. The Bertz CT molecular complexity index is 1050. The van der Waals surface area contributed by atoms with E-state index in [1.54, 1.807) is 35.9 Å². The number of H-pyrrole nitrogens is 1. The molecule has 140 valence electrons. The Kier molecular flexibility index (Phi) is 4.39. The highest BCUT2D eigenvalue weighted by atomic mass is 16.5. The number of rotatable bonds is 4. The largest absolute Gasteiger partial charge is 0.497 e. The molecule has 1 aliphatic rings. The number of carbonyl (C=O) groups is 1. The van der Waals surface area contributed by atoms with Crippen LogP contribution in [-0.4, -0.2) is 32.5 Å². The average Bonchev–Trinajstić information content (AvgIpc) is 3.03. The minimum absolute atomic E-state index is 0.0254. The van der Waals surface area contributed by atoms with Gasteiger partial charge in [-0.05, 0) is 37.1 Å². The van der Waals surface area contributed by atoms with Gasteiger partial charge in [0, 0.05) is 11.6 Å². The molecule has 1 aromatic carbocycles. The SMILES string of the molecule is COc1ccc(-c2nc(C(N)=O)c3[nH]c(=O)n(C4CCCCC4)c3n2)cc1. The van der Waals surface area contributed by atoms with Crippen molar-refractivity contribution in [2.75, 3.05) is 7.11 Å². The molecule has 0 spiro atoms. The number of ether oxygens (including phenoxy) is 1. The number of benzene rings is 1. The van der Waals surface area contributed by atoms with Gasteiger partial charge >= 0.3 is 5.69 Å². The van der Waals surface area contributed by atoms with Gasteiger partial charge in [-0.2, -0.15) is 0 Å². The molecule has 1 fully saturated rings. The lowest BCUT2D eigenvalue weighted by Gasteiger charge is -2.22. The zero-order chi connectivity index (χ0) is 19.0. The first-order chi connectivity index (χ1) is 13.1. The molecule has 1 saturated carbocycles. The molecule has 0 bridgehead atoms. The zero-order valence-corrected chi connectivity index (χ0v) is 15.1. The van der Waals surface area contributed by atoms with Gasteiger partial charge in [0.1, 0.15) is 11.3 Å². The van der Waals surface area contributed by atoms with Crippen molar-refractivity contribution in [3.05, 3.63) is 40.4 Å². The van der Waals surface area contributed by atoms with Crippen molar-refractivity contribution in [1.29, 1.82) is 0 Å². The minimum Gasteiger partial charge on any atom is -0.497 e. The fraction of sp³-hybridized carbons (Fsp3) is 0.368. The van der Waals surface area contributed by atoms with Crippen LogP contribution in [0.3, 0.4) is 0 Å². The summed E-state index contributed by atoms with van der Waals surface area (Å²) in [6.07, 6.45) is 5.15. The van der Waals surface area contributed by atoms with Crippen molar-refractivity contribution >= 4 is 17.1 Å². The number of carbonyl (C=O) groups excluding carboxylic acids is 1. The molecule has 0 atom stereocenters. The molecule has 3 aromatic rings. The normalized spacial score (nSPS) is 15.1. The summed E-state index contributed by atoms with van der Waals surface area (Å²) in [4.78, 5) is 36.3. The molecule has 8 heteroatoms. The van der Waals surface area contributed by atoms with Crippen LogP contribution in [0.2, 0.25) is 0 Å². The van der Waals surface area contributed by atoms with Gasteiger partial charge in [-0.3, -0.25) is 9.36 Å². The van der Waals surface area contributed by atoms with Gasteiger partial charge in [0.25, 0.3) is 5.91 Å². The Hall–Kier alpha value is -3.16. The first-order valence-electron chi connectivity index (χ1n) is 9.05. The summed E-state index contributed by atoms with van der Waals surface area (Å²) in [6.45, 7) is 0. The lowest BCUT2D eigenvalue weighted by molar-refractivity contribution is 0.0997. The van der Waals surface area contributed by atoms with Crippen LogP contribution < -0.4 is 16.2 Å². The maximum atomic E-state index is 12.6. The fourth-order valence-electron chi connectivity index (χ4n) is 3.73. The van der Waals surface area contributed by atoms with Gasteiger partial charge in [0.05, 0.1) is 7.11 Å². The van der Waals surface area contributed by atoms with Gasteiger partial charge in [0.15, 0.2) is 17.2 Å². The van der Waals surface area contributed by atoms with E-state index in [0.29, 0.717) is 28.3 Å². The minimum atomic E-state index is -0.700. The first-order valence-corrected chi connectivity index (χ1v) is 9.05. The average molecular weight is 367 g/mol. The predicted molar refractivity (Wildman–Crippen MR) is 101 cm³/mol. The van der Waals surface area contributed by atoms with Gasteiger partial charge in [-0.25, -0.2) is 14.8 Å². The van der Waals surface area contributed by atoms with Crippen LogP contribution in [0.25, 0.3) is 22.6 Å². The van der Waals surface area contributed by atoms with Crippen LogP contribution in [0.4, 0.5) is 0 Å². The van der Waals surface area contributed by atoms with Crippen LogP contribution in [0.5, 0.6) is 5.75 Å². The molecule has 0 saturated heterocycles. The number of fused-ring (bicyclic) bond motifs is 1. The molecule has 2 aromatic heterocycles. The van der Waals surface area contributed by atoms with Crippen molar-refractivity contribution in [3.63, 3.8) is 0 Å². The van der Waals surface area contributed by atoms with E-state index in [1.807, 2.05) is 0 Å². The van der Waals surface area contributed by atoms with Gasteiger partial charge in [0.2, 0.25) is 0 Å². The fourth-order valence-corrected chi connectivity index (χ4v) is 3.73. The summed E-state index contributed by atoms with van der Waals surface area (Å²) >= 11 is 0. The number of methoxy groups -OCH3 is 1. The Morgan fingerprint density at radius 2 is 1.89 bits per heavy atom. The van der Waals surface area contributed by atoms with Crippen LogP contribution >= 0.6 is 0 Å². The summed E-state index contributed by atoms with van der Waals surface area (Å²) in [6, 6.07) is 7.26. The quantitative estimate of drug-likeness (QED) is 0.734. The first kappa shape index (κ1) is 17.3. The van der Waals surface area contributed by atoms with Crippen molar-refractivity contribution in [2.24, 2.45) is 5.73 Å². The Morgan fingerprint density at radius 1 is 1.19 bits per heavy atom. The van der Waals surface area contributed by atoms with Crippen molar-refractivity contribution in [2.45, 2.75) is 38.1 Å². The third-order valence-electron chi connectivity index (χ3n) is 5.09. The molecule has 0 unspecified atom stereocenters. The van der Waals surface area contributed by atoms with Gasteiger partial charge in [-0.15, -0.1) is 0 Å². The second-order valence-electron chi connectivity index (χ2n) is 6.78. The number of amides is 1. The molecule has 2 heterocycles. The highest BCUT2D eigenvalue weighted by molar-refractivity contribution is 6.01. The van der Waals surface area contributed by atoms with Gasteiger partial charge < -0.3 is 15.5 Å². The number of aromatic nitrogens is 4. The molecule has 27 heavy (non-hydrogen) atoms. The van der Waals surface area contributed by atoms with Crippen LogP contribution in [-0.2, 0) is 0 Å². The van der Waals surface area contributed by atoms with Crippen molar-refractivity contribution < 1.29 is 9.53 Å². The van der Waals surface area contributed by atoms with Crippen LogP contribution in [0, 0.1) is 0 Å². The number of hydrogen-bond donors (Lipinski definition) is 2. The molecule has 0 radical (unpaired) electrons. The summed E-state index contributed by atoms with van der Waals surface area (Å²) in [5, 5.41) is 0. The second kappa shape index (κ2) is 6.86. The number of hydrogen-bond acceptors (Lipinski definition) is 5. The number of aromatic amines is 1. The lowest BCUT2D eigenvalue weighted by atomic mass is 9.95. The third-order valence-corrected chi connectivity index (χ3v) is 5.09. The van der Waals surface area contributed by atoms with E-state index in [2.05, 4.69) is 15.0 Å². The highest BCUT2D eigenvalue weighted by Gasteiger charge is 2.24. The predicted octanol–water partition coefficient (Wildman–Crippen LogP) is 2.40. The topological polar surface area (TPSA) is 116 Å². The summed E-state index contributed by atoms with van der Waals surface area (Å²) < 4.78 is 6.84. The second-order valence-corrected chi connectivity index (χ2v) is 6.78. The van der Waals surface area contributed by atoms with Gasteiger partial charge in [-0.1, -0.05) is 19.3 Å². The number of nitrogens with one attached hydrogen (secondary N) is 1. The zero-order valence-electron chi connectivity index (χ0n) is 15.1. The lowest BCUT2D eigenvalue weighted by Crippen LogP contribution is -2.24. The molecule has 8 nitrogen and oxygen atoms in total. The number of imidazole rings is 1. The van der Waals surface area contributed by atoms with E-state index in [4.69, 9.17) is 10.5 Å². The maximum Gasteiger partial charge on any atom is 0.327 e. The summed E-state index contributed by atoms with van der Waals surface area (Å²) in [7, 11) is 1.59. The van der Waals surface area contributed by atoms with Crippen LogP contribution in [0.1, 0.15) is 48.6 Å². The molecular weight excluding hydrogens is 346 g/mol. The number of primary amides is 1. The van der Waals surface area contributed by atoms with E-state index >= 15 is 0 Å². The number of nitrogens with zero attached hydrogens (tertiary/aromatic N) is 3.